The van der Waals surface area contributed by atoms with E-state index in [9.17, 15) is 4.79 Å². The van der Waals surface area contributed by atoms with Crippen LogP contribution in [0.2, 0.25) is 0 Å². The zero-order valence-electron chi connectivity index (χ0n) is 7.06. The van der Waals surface area contributed by atoms with Gasteiger partial charge in [-0.1, -0.05) is 0 Å². The van der Waals surface area contributed by atoms with Crippen LogP contribution in [-0.4, -0.2) is 27.6 Å². The number of fused-ring (bicyclic) bond motifs is 1. The quantitative estimate of drug-likeness (QED) is 0.669. The number of nitrogens with one attached hydrogen (secondary N) is 1. The Bertz CT molecular complexity index is 448. The maximum Gasteiger partial charge on any atom is 0.271 e. The molecule has 0 aliphatic heterocycles. The summed E-state index contributed by atoms with van der Waals surface area (Å²) in [6.45, 7) is 0. The number of nitrogens with zero attached hydrogens (tertiary/aromatic N) is 3. The van der Waals surface area contributed by atoms with Crippen LogP contribution in [0.15, 0.2) is 24.7 Å². The van der Waals surface area contributed by atoms with E-state index in [1.807, 2.05) is 0 Å². The van der Waals surface area contributed by atoms with Crippen molar-refractivity contribution in [3.63, 3.8) is 0 Å². The average molecular weight is 176 g/mol. The van der Waals surface area contributed by atoms with E-state index < -0.39 is 0 Å². The Hall–Kier alpha value is -1.91. The molecular weight excluding hydrogens is 168 g/mol. The molecule has 0 aromatic carbocycles. The first-order valence-corrected chi connectivity index (χ1v) is 3.83. The molecule has 0 saturated carbocycles. The van der Waals surface area contributed by atoms with E-state index in [2.05, 4.69) is 15.4 Å². The van der Waals surface area contributed by atoms with Gasteiger partial charge in [0.05, 0.1) is 5.52 Å². The van der Waals surface area contributed by atoms with Gasteiger partial charge in [0.15, 0.2) is 5.69 Å². The van der Waals surface area contributed by atoms with Crippen molar-refractivity contribution in [2.24, 2.45) is 0 Å². The van der Waals surface area contributed by atoms with Crippen LogP contribution in [0.1, 0.15) is 10.5 Å². The number of imidazole rings is 1. The fourth-order valence-electron chi connectivity index (χ4n) is 1.13. The summed E-state index contributed by atoms with van der Waals surface area (Å²) >= 11 is 0. The molecule has 1 amide bonds. The molecule has 2 aromatic heterocycles. The molecule has 0 atom stereocenters. The molecule has 0 fully saturated rings. The summed E-state index contributed by atoms with van der Waals surface area (Å²) < 4.78 is 1.56. The van der Waals surface area contributed by atoms with Crippen molar-refractivity contribution in [1.82, 2.24) is 19.9 Å². The molecule has 0 spiro atoms. The van der Waals surface area contributed by atoms with Crippen LogP contribution in [0.5, 0.6) is 0 Å². The normalized spacial score (nSPS) is 10.2. The van der Waals surface area contributed by atoms with Crippen LogP contribution < -0.4 is 5.32 Å². The fourth-order valence-corrected chi connectivity index (χ4v) is 1.13. The van der Waals surface area contributed by atoms with Gasteiger partial charge in [-0.25, -0.2) is 9.50 Å². The standard InChI is InChI=1S/C8H8N4O/c1-9-8(13)7-6-3-2-4-11-12(6)5-10-7/h2-5H,1H3,(H,9,13). The summed E-state index contributed by atoms with van der Waals surface area (Å²) in [7, 11) is 1.57. The number of amides is 1. The van der Waals surface area contributed by atoms with Gasteiger partial charge in [0.2, 0.25) is 0 Å². The van der Waals surface area contributed by atoms with Crippen LogP contribution in [0.25, 0.3) is 5.52 Å². The summed E-state index contributed by atoms with van der Waals surface area (Å²) in [5, 5.41) is 6.51. The smallest absolute Gasteiger partial charge is 0.271 e. The third kappa shape index (κ3) is 1.14. The first-order chi connectivity index (χ1) is 6.33. The lowest BCUT2D eigenvalue weighted by Gasteiger charge is -1.94. The molecule has 0 unspecified atom stereocenters. The molecule has 5 nitrogen and oxygen atoms in total. The largest absolute Gasteiger partial charge is 0.354 e. The van der Waals surface area contributed by atoms with Gasteiger partial charge in [-0.3, -0.25) is 4.79 Å². The maximum atomic E-state index is 11.3. The highest BCUT2D eigenvalue weighted by atomic mass is 16.1. The molecule has 66 valence electrons. The van der Waals surface area contributed by atoms with Crippen molar-refractivity contribution in [3.8, 4) is 0 Å². The minimum atomic E-state index is -0.199. The molecule has 0 saturated heterocycles. The van der Waals surface area contributed by atoms with Gasteiger partial charge in [0.1, 0.15) is 6.33 Å². The Morgan fingerprint density at radius 1 is 1.62 bits per heavy atom. The highest BCUT2D eigenvalue weighted by molar-refractivity contribution is 5.98. The highest BCUT2D eigenvalue weighted by Crippen LogP contribution is 2.06. The second-order valence-electron chi connectivity index (χ2n) is 2.53. The molecular formula is C8H8N4O. The lowest BCUT2D eigenvalue weighted by Crippen LogP contribution is -2.18. The van der Waals surface area contributed by atoms with E-state index in [0.717, 1.165) is 0 Å². The molecule has 0 bridgehead atoms. The van der Waals surface area contributed by atoms with Gasteiger partial charge < -0.3 is 5.32 Å². The van der Waals surface area contributed by atoms with Crippen LogP contribution >= 0.6 is 0 Å². The minimum absolute atomic E-state index is 0.199. The van der Waals surface area contributed by atoms with Crippen LogP contribution in [0.3, 0.4) is 0 Å². The molecule has 2 heterocycles. The van der Waals surface area contributed by atoms with E-state index in [4.69, 9.17) is 0 Å². The summed E-state index contributed by atoms with van der Waals surface area (Å²) in [5.41, 5.74) is 1.11. The number of rotatable bonds is 1. The number of carbonyl (C=O) groups excluding carboxylic acids is 1. The molecule has 2 rings (SSSR count). The predicted molar refractivity (Wildman–Crippen MR) is 46.4 cm³/mol. The number of aromatic nitrogens is 3. The SMILES string of the molecule is CNC(=O)c1ncn2ncccc12. The van der Waals surface area contributed by atoms with Crippen LogP contribution in [0, 0.1) is 0 Å². The summed E-state index contributed by atoms with van der Waals surface area (Å²) in [6, 6.07) is 3.56. The summed E-state index contributed by atoms with van der Waals surface area (Å²) in [6.07, 6.45) is 3.15. The Morgan fingerprint density at radius 2 is 2.46 bits per heavy atom. The second kappa shape index (κ2) is 2.85. The Balaban J connectivity index is 2.64. The van der Waals surface area contributed by atoms with E-state index in [-0.39, 0.29) is 5.91 Å². The van der Waals surface area contributed by atoms with Crippen molar-refractivity contribution in [2.45, 2.75) is 0 Å². The fraction of sp³-hybridized carbons (Fsp3) is 0.125. The Morgan fingerprint density at radius 3 is 3.23 bits per heavy atom. The van der Waals surface area contributed by atoms with Crippen molar-refractivity contribution in [3.05, 3.63) is 30.4 Å². The third-order valence-electron chi connectivity index (χ3n) is 1.76. The number of hydrogen-bond acceptors (Lipinski definition) is 3. The third-order valence-corrected chi connectivity index (χ3v) is 1.76. The molecule has 1 N–H and O–H groups in total. The molecule has 13 heavy (non-hydrogen) atoms. The zero-order chi connectivity index (χ0) is 9.26. The maximum absolute atomic E-state index is 11.3. The van der Waals surface area contributed by atoms with Gasteiger partial charge in [0.25, 0.3) is 5.91 Å². The van der Waals surface area contributed by atoms with Gasteiger partial charge in [0, 0.05) is 13.2 Å². The lowest BCUT2D eigenvalue weighted by atomic mass is 10.3. The van der Waals surface area contributed by atoms with Crippen LogP contribution in [0.4, 0.5) is 0 Å². The molecule has 5 heteroatoms. The summed E-state index contributed by atoms with van der Waals surface area (Å²) in [4.78, 5) is 15.2. The monoisotopic (exact) mass is 176 g/mol. The van der Waals surface area contributed by atoms with Gasteiger partial charge in [-0.05, 0) is 12.1 Å². The van der Waals surface area contributed by atoms with E-state index in [1.54, 1.807) is 29.9 Å². The van der Waals surface area contributed by atoms with E-state index >= 15 is 0 Å². The number of carbonyl (C=O) groups is 1. The first-order valence-electron chi connectivity index (χ1n) is 3.83. The molecule has 2 aromatic rings. The van der Waals surface area contributed by atoms with E-state index in [0.29, 0.717) is 11.2 Å². The molecule has 0 aliphatic rings. The number of hydrogen-bond donors (Lipinski definition) is 1. The van der Waals surface area contributed by atoms with Gasteiger partial charge in [-0.2, -0.15) is 5.10 Å². The van der Waals surface area contributed by atoms with Gasteiger partial charge in [-0.15, -0.1) is 0 Å². The van der Waals surface area contributed by atoms with E-state index in [1.165, 1.54) is 6.33 Å². The first kappa shape index (κ1) is 7.72. The topological polar surface area (TPSA) is 59.3 Å². The predicted octanol–water partition coefficient (Wildman–Crippen LogP) is 0.0889. The second-order valence-corrected chi connectivity index (χ2v) is 2.53. The molecule has 0 aliphatic carbocycles. The Labute approximate surface area is 74.4 Å². The van der Waals surface area contributed by atoms with Gasteiger partial charge >= 0.3 is 0 Å². The van der Waals surface area contributed by atoms with Crippen LogP contribution in [-0.2, 0) is 0 Å². The van der Waals surface area contributed by atoms with Crippen molar-refractivity contribution < 1.29 is 4.79 Å². The average Bonchev–Trinajstić information content (AvgIpc) is 2.60. The van der Waals surface area contributed by atoms with Crippen molar-refractivity contribution in [1.29, 1.82) is 0 Å². The van der Waals surface area contributed by atoms with Crippen molar-refractivity contribution >= 4 is 11.4 Å². The Kier molecular flexibility index (Phi) is 1.70. The highest BCUT2D eigenvalue weighted by Gasteiger charge is 2.10. The minimum Gasteiger partial charge on any atom is -0.354 e. The zero-order valence-corrected chi connectivity index (χ0v) is 7.06. The van der Waals surface area contributed by atoms with Crippen molar-refractivity contribution in [2.75, 3.05) is 7.05 Å². The lowest BCUT2D eigenvalue weighted by molar-refractivity contribution is 0.0960. The molecule has 0 radical (unpaired) electrons. The summed E-state index contributed by atoms with van der Waals surface area (Å²) in [5.74, 6) is -0.199.